The van der Waals surface area contributed by atoms with Crippen LogP contribution in [-0.2, 0) is 11.4 Å². The maximum Gasteiger partial charge on any atom is 0.322 e. The van der Waals surface area contributed by atoms with Gasteiger partial charge in [-0.2, -0.15) is 0 Å². The first kappa shape index (κ1) is 22.2. The minimum atomic E-state index is -1.14. The minimum Gasteiger partial charge on any atom is -0.486 e. The Morgan fingerprint density at radius 1 is 1.21 bits per heavy atom. The molecule has 2 aromatic rings. The van der Waals surface area contributed by atoms with Crippen molar-refractivity contribution in [2.45, 2.75) is 20.0 Å². The topological polar surface area (TPSA) is 87.7 Å². The fourth-order valence-electron chi connectivity index (χ4n) is 2.32. The van der Waals surface area contributed by atoms with Crippen LogP contribution in [0.3, 0.4) is 0 Å². The van der Waals surface area contributed by atoms with Gasteiger partial charge in [-0.25, -0.2) is 4.39 Å². The number of carboxylic acids is 1. The van der Waals surface area contributed by atoms with Gasteiger partial charge in [0.05, 0.1) is 14.6 Å². The number of carbonyl (C=O) groups is 2. The number of amides is 1. The smallest absolute Gasteiger partial charge is 0.322 e. The Labute approximate surface area is 178 Å². The van der Waals surface area contributed by atoms with E-state index in [0.717, 1.165) is 6.42 Å². The Morgan fingerprint density at radius 3 is 2.50 bits per heavy atom. The predicted molar refractivity (Wildman–Crippen MR) is 111 cm³/mol. The normalized spacial score (nSPS) is 10.4. The molecule has 28 heavy (non-hydrogen) atoms. The molecule has 0 unspecified atom stereocenters. The van der Waals surface area contributed by atoms with Crippen molar-refractivity contribution in [3.63, 3.8) is 0 Å². The molecule has 0 bridgehead atoms. The van der Waals surface area contributed by atoms with E-state index in [-0.39, 0.29) is 18.0 Å². The SMILES string of the molecule is CCCNc1cccc(COc2c(Br)cc(C(=O)NCC(=O)O)cc2Br)c1F. The summed E-state index contributed by atoms with van der Waals surface area (Å²) in [5.74, 6) is -1.63. The average molecular weight is 518 g/mol. The van der Waals surface area contributed by atoms with E-state index >= 15 is 0 Å². The van der Waals surface area contributed by atoms with Crippen LogP contribution in [0.2, 0.25) is 0 Å². The third-order valence-corrected chi connectivity index (χ3v) is 4.85. The molecule has 2 rings (SSSR count). The Morgan fingerprint density at radius 2 is 1.89 bits per heavy atom. The second-order valence-corrected chi connectivity index (χ2v) is 7.55. The first-order valence-electron chi connectivity index (χ1n) is 8.46. The average Bonchev–Trinajstić information content (AvgIpc) is 2.65. The van der Waals surface area contributed by atoms with E-state index in [1.165, 1.54) is 12.1 Å². The number of hydrogen-bond donors (Lipinski definition) is 3. The van der Waals surface area contributed by atoms with Gasteiger partial charge in [-0.15, -0.1) is 0 Å². The van der Waals surface area contributed by atoms with Crippen LogP contribution in [0.15, 0.2) is 39.3 Å². The number of carboxylic acid groups (broad SMARTS) is 1. The van der Waals surface area contributed by atoms with E-state index < -0.39 is 18.4 Å². The third-order valence-electron chi connectivity index (χ3n) is 3.68. The molecule has 0 aliphatic carbocycles. The molecule has 0 heterocycles. The van der Waals surface area contributed by atoms with Gasteiger partial charge >= 0.3 is 5.97 Å². The molecule has 0 saturated carbocycles. The maximum atomic E-state index is 14.6. The maximum absolute atomic E-state index is 14.6. The van der Waals surface area contributed by atoms with Crippen LogP contribution in [0.5, 0.6) is 5.75 Å². The number of carbonyl (C=O) groups excluding carboxylic acids is 1. The molecular weight excluding hydrogens is 499 g/mol. The zero-order chi connectivity index (χ0) is 20.7. The summed E-state index contributed by atoms with van der Waals surface area (Å²) in [5, 5.41) is 14.0. The fourth-order valence-corrected chi connectivity index (χ4v) is 3.74. The molecule has 6 nitrogen and oxygen atoms in total. The number of ether oxygens (including phenoxy) is 1. The Bertz CT molecular complexity index is 854. The number of rotatable bonds is 9. The van der Waals surface area contributed by atoms with E-state index in [2.05, 4.69) is 42.5 Å². The highest BCUT2D eigenvalue weighted by Crippen LogP contribution is 2.35. The lowest BCUT2D eigenvalue weighted by Crippen LogP contribution is -2.29. The van der Waals surface area contributed by atoms with Gasteiger partial charge in [-0.05, 0) is 56.5 Å². The van der Waals surface area contributed by atoms with Crippen molar-refractivity contribution >= 4 is 49.4 Å². The highest BCUT2D eigenvalue weighted by Gasteiger charge is 2.15. The summed E-state index contributed by atoms with van der Waals surface area (Å²) < 4.78 is 21.2. The van der Waals surface area contributed by atoms with Crippen LogP contribution >= 0.6 is 31.9 Å². The van der Waals surface area contributed by atoms with E-state index in [4.69, 9.17) is 9.84 Å². The molecule has 1 amide bonds. The largest absolute Gasteiger partial charge is 0.486 e. The molecule has 0 fully saturated rings. The second kappa shape index (κ2) is 10.4. The number of nitrogens with one attached hydrogen (secondary N) is 2. The van der Waals surface area contributed by atoms with Gasteiger partial charge in [-0.3, -0.25) is 9.59 Å². The summed E-state index contributed by atoms with van der Waals surface area (Å²) in [6.45, 7) is 2.19. The van der Waals surface area contributed by atoms with Gasteiger partial charge in [0.15, 0.2) is 5.82 Å². The van der Waals surface area contributed by atoms with Crippen molar-refractivity contribution in [1.82, 2.24) is 5.32 Å². The summed E-state index contributed by atoms with van der Waals surface area (Å²) in [4.78, 5) is 22.6. The molecule has 0 spiro atoms. The van der Waals surface area contributed by atoms with E-state index in [0.29, 0.717) is 32.5 Å². The highest BCUT2D eigenvalue weighted by atomic mass is 79.9. The second-order valence-electron chi connectivity index (χ2n) is 5.84. The molecule has 0 aromatic heterocycles. The Kier molecular flexibility index (Phi) is 8.25. The summed E-state index contributed by atoms with van der Waals surface area (Å²) >= 11 is 6.66. The van der Waals surface area contributed by atoms with Crippen LogP contribution in [0.25, 0.3) is 0 Å². The van der Waals surface area contributed by atoms with Gasteiger partial charge in [0.25, 0.3) is 5.91 Å². The lowest BCUT2D eigenvalue weighted by molar-refractivity contribution is -0.135. The van der Waals surface area contributed by atoms with Gasteiger partial charge < -0.3 is 20.5 Å². The van der Waals surface area contributed by atoms with Gasteiger partial charge in [-0.1, -0.05) is 19.1 Å². The van der Waals surface area contributed by atoms with E-state index in [9.17, 15) is 14.0 Å². The molecule has 0 saturated heterocycles. The van der Waals surface area contributed by atoms with Crippen LogP contribution in [-0.4, -0.2) is 30.1 Å². The number of halogens is 3. The number of aliphatic carboxylic acids is 1. The molecule has 9 heteroatoms. The molecule has 150 valence electrons. The number of anilines is 1. The van der Waals surface area contributed by atoms with E-state index in [1.807, 2.05) is 6.92 Å². The molecule has 2 aromatic carbocycles. The standard InChI is InChI=1S/C19H19Br2FN2O4/c1-2-6-23-15-5-3-4-11(17(15)22)10-28-18-13(20)7-12(8-14(18)21)19(27)24-9-16(25)26/h3-5,7-8,23H,2,6,9-10H2,1H3,(H,24,27)(H,25,26). The first-order valence-corrected chi connectivity index (χ1v) is 10.0. The minimum absolute atomic E-state index is 0.00473. The molecule has 0 aliphatic heterocycles. The van der Waals surface area contributed by atoms with Crippen LogP contribution in [0, 0.1) is 5.82 Å². The molecule has 0 atom stereocenters. The molecule has 3 N–H and O–H groups in total. The highest BCUT2D eigenvalue weighted by molar-refractivity contribution is 9.11. The van der Waals surface area contributed by atoms with Crippen molar-refractivity contribution in [2.75, 3.05) is 18.4 Å². The molecule has 0 radical (unpaired) electrons. The number of hydrogen-bond acceptors (Lipinski definition) is 4. The third kappa shape index (κ3) is 5.93. The van der Waals surface area contributed by atoms with Crippen LogP contribution < -0.4 is 15.4 Å². The van der Waals surface area contributed by atoms with Crippen LogP contribution in [0.1, 0.15) is 29.3 Å². The monoisotopic (exact) mass is 516 g/mol. The van der Waals surface area contributed by atoms with Crippen molar-refractivity contribution < 1.29 is 23.8 Å². The zero-order valence-corrected chi connectivity index (χ0v) is 18.2. The summed E-state index contributed by atoms with van der Waals surface area (Å²) in [7, 11) is 0. The summed E-state index contributed by atoms with van der Waals surface area (Å²) in [6, 6.07) is 8.08. The van der Waals surface area contributed by atoms with Crippen molar-refractivity contribution in [3.8, 4) is 5.75 Å². The predicted octanol–water partition coefficient (Wildman–Crippen LogP) is 4.57. The van der Waals surface area contributed by atoms with Gasteiger partial charge in [0.2, 0.25) is 0 Å². The summed E-state index contributed by atoms with van der Waals surface area (Å²) in [5.41, 5.74) is 1.07. The lowest BCUT2D eigenvalue weighted by Gasteiger charge is -2.14. The van der Waals surface area contributed by atoms with E-state index in [1.54, 1.807) is 18.2 Å². The fraction of sp³-hybridized carbons (Fsp3) is 0.263. The Balaban J connectivity index is 2.13. The van der Waals surface area contributed by atoms with Crippen LogP contribution in [0.4, 0.5) is 10.1 Å². The van der Waals surface area contributed by atoms with Crippen molar-refractivity contribution in [2.24, 2.45) is 0 Å². The van der Waals surface area contributed by atoms with Crippen molar-refractivity contribution in [1.29, 1.82) is 0 Å². The quantitative estimate of drug-likeness (QED) is 0.453. The first-order chi connectivity index (χ1) is 13.3. The zero-order valence-electron chi connectivity index (χ0n) is 15.0. The van der Waals surface area contributed by atoms with Gasteiger partial charge in [0, 0.05) is 17.7 Å². The number of benzene rings is 2. The lowest BCUT2D eigenvalue weighted by atomic mass is 10.2. The van der Waals surface area contributed by atoms with Gasteiger partial charge in [0.1, 0.15) is 18.9 Å². The Hall–Kier alpha value is -2.13. The summed E-state index contributed by atoms with van der Waals surface area (Å²) in [6.07, 6.45) is 0.881. The van der Waals surface area contributed by atoms with Crippen molar-refractivity contribution in [3.05, 3.63) is 56.2 Å². The molecular formula is C19H19Br2FN2O4. The molecule has 0 aliphatic rings.